The van der Waals surface area contributed by atoms with Gasteiger partial charge in [0, 0.05) is 32.2 Å². The number of rotatable bonds is 7. The van der Waals surface area contributed by atoms with Gasteiger partial charge in [0.15, 0.2) is 5.96 Å². The molecule has 0 bridgehead atoms. The predicted octanol–water partition coefficient (Wildman–Crippen LogP) is 2.94. The van der Waals surface area contributed by atoms with Crippen molar-refractivity contribution < 1.29 is 9.26 Å². The molecule has 0 aliphatic rings. The standard InChI is InChI=1S/C19H28N4O2/c1-6-20-19(21-12-11-18-14(2)22-25-15(18)3)23(4)13-16-7-9-17(24-5)10-8-16/h7-10H,6,11-13H2,1-5H3,(H,20,21). The third kappa shape index (κ3) is 5.24. The van der Waals surface area contributed by atoms with Crippen LogP contribution in [-0.2, 0) is 13.0 Å². The van der Waals surface area contributed by atoms with Crippen LogP contribution in [0.1, 0.15) is 29.5 Å². The number of hydrogen-bond donors (Lipinski definition) is 1. The molecule has 2 aromatic rings. The first-order valence-corrected chi connectivity index (χ1v) is 8.59. The van der Waals surface area contributed by atoms with Crippen LogP contribution in [0.4, 0.5) is 0 Å². The van der Waals surface area contributed by atoms with E-state index in [2.05, 4.69) is 34.4 Å². The number of aromatic nitrogens is 1. The van der Waals surface area contributed by atoms with Crippen molar-refractivity contribution in [3.05, 3.63) is 46.8 Å². The van der Waals surface area contributed by atoms with Crippen LogP contribution in [-0.4, -0.2) is 43.3 Å². The van der Waals surface area contributed by atoms with Crippen molar-refractivity contribution in [3.8, 4) is 5.75 Å². The van der Waals surface area contributed by atoms with Crippen LogP contribution in [0.25, 0.3) is 0 Å². The molecule has 6 nitrogen and oxygen atoms in total. The third-order valence-corrected chi connectivity index (χ3v) is 4.08. The van der Waals surface area contributed by atoms with Gasteiger partial charge in [0.1, 0.15) is 11.5 Å². The number of methoxy groups -OCH3 is 1. The van der Waals surface area contributed by atoms with Crippen LogP contribution < -0.4 is 10.1 Å². The summed E-state index contributed by atoms with van der Waals surface area (Å²) in [6, 6.07) is 8.10. The zero-order chi connectivity index (χ0) is 18.2. The molecule has 0 saturated heterocycles. The number of hydrogen-bond acceptors (Lipinski definition) is 4. The van der Waals surface area contributed by atoms with Crippen molar-refractivity contribution in [2.45, 2.75) is 33.7 Å². The lowest BCUT2D eigenvalue weighted by Crippen LogP contribution is -2.38. The van der Waals surface area contributed by atoms with Crippen molar-refractivity contribution in [2.24, 2.45) is 4.99 Å². The topological polar surface area (TPSA) is 62.9 Å². The number of aryl methyl sites for hydroxylation is 2. The molecule has 0 aliphatic heterocycles. The van der Waals surface area contributed by atoms with Gasteiger partial charge in [0.05, 0.1) is 12.8 Å². The molecule has 0 fully saturated rings. The summed E-state index contributed by atoms with van der Waals surface area (Å²) in [5.41, 5.74) is 3.31. The van der Waals surface area contributed by atoms with Gasteiger partial charge in [0.25, 0.3) is 0 Å². The fraction of sp³-hybridized carbons (Fsp3) is 0.474. The number of ether oxygens (including phenoxy) is 1. The predicted molar refractivity (Wildman–Crippen MR) is 100 cm³/mol. The van der Waals surface area contributed by atoms with Gasteiger partial charge < -0.3 is 19.5 Å². The molecule has 0 unspecified atom stereocenters. The van der Waals surface area contributed by atoms with Crippen molar-refractivity contribution in [1.82, 2.24) is 15.4 Å². The Bertz CT molecular complexity index is 672. The highest BCUT2D eigenvalue weighted by atomic mass is 16.5. The molecule has 6 heteroatoms. The number of nitrogens with zero attached hydrogens (tertiary/aromatic N) is 3. The van der Waals surface area contributed by atoms with Crippen LogP contribution in [0, 0.1) is 13.8 Å². The molecule has 1 heterocycles. The zero-order valence-corrected chi connectivity index (χ0v) is 15.8. The molecular weight excluding hydrogens is 316 g/mol. The minimum atomic E-state index is 0.693. The second-order valence-electron chi connectivity index (χ2n) is 5.99. The largest absolute Gasteiger partial charge is 0.497 e. The van der Waals surface area contributed by atoms with E-state index in [0.29, 0.717) is 6.54 Å². The highest BCUT2D eigenvalue weighted by Gasteiger charge is 2.10. The first-order chi connectivity index (χ1) is 12.0. The molecule has 1 N–H and O–H groups in total. The van der Waals surface area contributed by atoms with Crippen LogP contribution in [0.3, 0.4) is 0 Å². The molecule has 0 radical (unpaired) electrons. The van der Waals surface area contributed by atoms with Crippen LogP contribution >= 0.6 is 0 Å². The molecule has 2 rings (SSSR count). The Kier molecular flexibility index (Phi) is 6.86. The summed E-state index contributed by atoms with van der Waals surface area (Å²) in [5.74, 6) is 2.64. The van der Waals surface area contributed by atoms with E-state index in [0.717, 1.165) is 48.2 Å². The van der Waals surface area contributed by atoms with Crippen LogP contribution in [0.15, 0.2) is 33.8 Å². The summed E-state index contributed by atoms with van der Waals surface area (Å²) < 4.78 is 10.4. The van der Waals surface area contributed by atoms with Crippen molar-refractivity contribution in [1.29, 1.82) is 0 Å². The van der Waals surface area contributed by atoms with Crippen molar-refractivity contribution in [2.75, 3.05) is 27.2 Å². The Hall–Kier alpha value is -2.50. The Morgan fingerprint density at radius 2 is 2.00 bits per heavy atom. The maximum Gasteiger partial charge on any atom is 0.193 e. The fourth-order valence-corrected chi connectivity index (χ4v) is 2.68. The van der Waals surface area contributed by atoms with Crippen LogP contribution in [0.5, 0.6) is 5.75 Å². The van der Waals surface area contributed by atoms with Crippen LogP contribution in [0.2, 0.25) is 0 Å². The molecule has 1 aromatic carbocycles. The quantitative estimate of drug-likeness (QED) is 0.618. The summed E-state index contributed by atoms with van der Waals surface area (Å²) in [5, 5.41) is 7.34. The first kappa shape index (κ1) is 18.8. The Morgan fingerprint density at radius 3 is 2.56 bits per heavy atom. The highest BCUT2D eigenvalue weighted by molar-refractivity contribution is 5.79. The number of aliphatic imine (C=N–C) groups is 1. The Balaban J connectivity index is 1.99. The average molecular weight is 344 g/mol. The summed E-state index contributed by atoms with van der Waals surface area (Å²) in [6.45, 7) is 8.29. The van der Waals surface area contributed by atoms with E-state index in [1.807, 2.05) is 33.0 Å². The Morgan fingerprint density at radius 1 is 1.28 bits per heavy atom. The molecule has 0 aliphatic carbocycles. The molecule has 0 atom stereocenters. The number of benzene rings is 1. The van der Waals surface area contributed by atoms with E-state index in [-0.39, 0.29) is 0 Å². The molecule has 1 aromatic heterocycles. The maximum atomic E-state index is 5.21. The Labute approximate surface area is 149 Å². The lowest BCUT2D eigenvalue weighted by molar-refractivity contribution is 0.392. The van der Waals surface area contributed by atoms with E-state index in [4.69, 9.17) is 14.3 Å². The van der Waals surface area contributed by atoms with E-state index < -0.39 is 0 Å². The van der Waals surface area contributed by atoms with Gasteiger partial charge in [-0.05, 0) is 44.9 Å². The van der Waals surface area contributed by atoms with Crippen molar-refractivity contribution in [3.63, 3.8) is 0 Å². The lowest BCUT2D eigenvalue weighted by Gasteiger charge is -2.22. The number of nitrogens with one attached hydrogen (secondary N) is 1. The number of guanidine groups is 1. The first-order valence-electron chi connectivity index (χ1n) is 8.59. The molecule has 136 valence electrons. The SMILES string of the molecule is CCNC(=NCCc1c(C)noc1C)N(C)Cc1ccc(OC)cc1. The summed E-state index contributed by atoms with van der Waals surface area (Å²) >= 11 is 0. The van der Waals surface area contributed by atoms with E-state index in [1.54, 1.807) is 7.11 Å². The van der Waals surface area contributed by atoms with E-state index >= 15 is 0 Å². The van der Waals surface area contributed by atoms with Gasteiger partial charge in [-0.3, -0.25) is 4.99 Å². The summed E-state index contributed by atoms with van der Waals surface area (Å²) in [7, 11) is 3.72. The second kappa shape index (κ2) is 9.11. The lowest BCUT2D eigenvalue weighted by atomic mass is 10.1. The van der Waals surface area contributed by atoms with Gasteiger partial charge in [-0.1, -0.05) is 17.3 Å². The third-order valence-electron chi connectivity index (χ3n) is 4.08. The minimum absolute atomic E-state index is 0.693. The average Bonchev–Trinajstić information content (AvgIpc) is 2.93. The van der Waals surface area contributed by atoms with Gasteiger partial charge in [0.2, 0.25) is 0 Å². The molecular formula is C19H28N4O2. The highest BCUT2D eigenvalue weighted by Crippen LogP contribution is 2.14. The van der Waals surface area contributed by atoms with E-state index in [1.165, 1.54) is 5.56 Å². The monoisotopic (exact) mass is 344 g/mol. The molecule has 25 heavy (non-hydrogen) atoms. The molecule has 0 amide bonds. The summed E-state index contributed by atoms with van der Waals surface area (Å²) in [6.07, 6.45) is 0.826. The zero-order valence-electron chi connectivity index (χ0n) is 15.8. The second-order valence-corrected chi connectivity index (χ2v) is 5.99. The van der Waals surface area contributed by atoms with Gasteiger partial charge in [-0.15, -0.1) is 0 Å². The smallest absolute Gasteiger partial charge is 0.193 e. The normalized spacial score (nSPS) is 11.5. The van der Waals surface area contributed by atoms with E-state index in [9.17, 15) is 0 Å². The minimum Gasteiger partial charge on any atom is -0.497 e. The fourth-order valence-electron chi connectivity index (χ4n) is 2.68. The summed E-state index contributed by atoms with van der Waals surface area (Å²) in [4.78, 5) is 6.86. The van der Waals surface area contributed by atoms with Gasteiger partial charge in [-0.2, -0.15) is 0 Å². The molecule has 0 saturated carbocycles. The molecule has 0 spiro atoms. The van der Waals surface area contributed by atoms with Gasteiger partial charge in [-0.25, -0.2) is 0 Å². The van der Waals surface area contributed by atoms with Crippen molar-refractivity contribution >= 4 is 5.96 Å². The van der Waals surface area contributed by atoms with Gasteiger partial charge >= 0.3 is 0 Å². The maximum absolute atomic E-state index is 5.21.